The van der Waals surface area contributed by atoms with Gasteiger partial charge in [0, 0.05) is 18.5 Å². The zero-order valence-corrected chi connectivity index (χ0v) is 7.59. The SMILES string of the molecule is NC(=O)c1cnn(-c2ccnc(F)c2)c1. The lowest BCUT2D eigenvalue weighted by Crippen LogP contribution is -2.09. The normalized spacial score (nSPS) is 10.2. The van der Waals surface area contributed by atoms with Crippen molar-refractivity contribution in [1.82, 2.24) is 14.8 Å². The number of nitrogens with zero attached hydrogens (tertiary/aromatic N) is 3. The molecule has 2 rings (SSSR count). The van der Waals surface area contributed by atoms with E-state index < -0.39 is 11.9 Å². The van der Waals surface area contributed by atoms with Crippen molar-refractivity contribution in [2.45, 2.75) is 0 Å². The van der Waals surface area contributed by atoms with Crippen LogP contribution in [0.1, 0.15) is 10.4 Å². The molecular weight excluding hydrogens is 199 g/mol. The molecular formula is C9H7FN4O. The fourth-order valence-corrected chi connectivity index (χ4v) is 1.13. The molecule has 0 aliphatic heterocycles. The maximum absolute atomic E-state index is 12.8. The van der Waals surface area contributed by atoms with Crippen molar-refractivity contribution in [3.05, 3.63) is 42.2 Å². The fourth-order valence-electron chi connectivity index (χ4n) is 1.13. The summed E-state index contributed by atoms with van der Waals surface area (Å²) in [6, 6.07) is 2.78. The molecule has 0 bridgehead atoms. The molecule has 0 saturated heterocycles. The van der Waals surface area contributed by atoms with Crippen molar-refractivity contribution in [3.63, 3.8) is 0 Å². The number of hydrogen-bond donors (Lipinski definition) is 1. The van der Waals surface area contributed by atoms with Crippen LogP contribution >= 0.6 is 0 Å². The molecule has 0 atom stereocenters. The largest absolute Gasteiger partial charge is 0.366 e. The molecule has 76 valence electrons. The van der Waals surface area contributed by atoms with E-state index in [0.29, 0.717) is 5.69 Å². The van der Waals surface area contributed by atoms with Gasteiger partial charge in [0.05, 0.1) is 17.4 Å². The number of rotatable bonds is 2. The van der Waals surface area contributed by atoms with Gasteiger partial charge in [0.25, 0.3) is 5.91 Å². The van der Waals surface area contributed by atoms with Crippen LogP contribution in [0.5, 0.6) is 0 Å². The summed E-state index contributed by atoms with van der Waals surface area (Å²) in [5.74, 6) is -1.18. The summed E-state index contributed by atoms with van der Waals surface area (Å²) in [6.07, 6.45) is 4.06. The first-order chi connectivity index (χ1) is 7.16. The van der Waals surface area contributed by atoms with Gasteiger partial charge in [-0.15, -0.1) is 0 Å². The number of aromatic nitrogens is 3. The summed E-state index contributed by atoms with van der Waals surface area (Å²) in [5.41, 5.74) is 5.81. The van der Waals surface area contributed by atoms with Gasteiger partial charge in [-0.1, -0.05) is 0 Å². The molecule has 6 heteroatoms. The van der Waals surface area contributed by atoms with Gasteiger partial charge in [-0.2, -0.15) is 9.49 Å². The quantitative estimate of drug-likeness (QED) is 0.727. The van der Waals surface area contributed by atoms with Gasteiger partial charge >= 0.3 is 0 Å². The Bertz CT molecular complexity index is 508. The molecule has 5 nitrogen and oxygen atoms in total. The highest BCUT2D eigenvalue weighted by Crippen LogP contribution is 2.07. The Morgan fingerprint density at radius 3 is 2.93 bits per heavy atom. The van der Waals surface area contributed by atoms with E-state index in [2.05, 4.69) is 10.1 Å². The van der Waals surface area contributed by atoms with E-state index in [1.807, 2.05) is 0 Å². The lowest BCUT2D eigenvalue weighted by molar-refractivity contribution is 0.100. The smallest absolute Gasteiger partial charge is 0.251 e. The van der Waals surface area contributed by atoms with Crippen LogP contribution in [0.2, 0.25) is 0 Å². The summed E-state index contributed by atoms with van der Waals surface area (Å²) in [4.78, 5) is 14.2. The van der Waals surface area contributed by atoms with Crippen LogP contribution in [0, 0.1) is 5.95 Å². The van der Waals surface area contributed by atoms with E-state index >= 15 is 0 Å². The number of primary amides is 1. The van der Waals surface area contributed by atoms with Gasteiger partial charge in [-0.25, -0.2) is 9.67 Å². The van der Waals surface area contributed by atoms with E-state index in [1.165, 1.54) is 29.3 Å². The zero-order valence-electron chi connectivity index (χ0n) is 7.59. The van der Waals surface area contributed by atoms with Gasteiger partial charge in [0.15, 0.2) is 0 Å². The Balaban J connectivity index is 2.41. The first-order valence-corrected chi connectivity index (χ1v) is 4.13. The first-order valence-electron chi connectivity index (χ1n) is 4.13. The average molecular weight is 206 g/mol. The Kier molecular flexibility index (Phi) is 2.17. The summed E-state index contributed by atoms with van der Waals surface area (Å²) >= 11 is 0. The molecule has 0 fully saturated rings. The Morgan fingerprint density at radius 1 is 1.53 bits per heavy atom. The number of halogens is 1. The van der Waals surface area contributed by atoms with Crippen LogP contribution in [-0.4, -0.2) is 20.7 Å². The molecule has 15 heavy (non-hydrogen) atoms. The predicted molar refractivity (Wildman–Crippen MR) is 49.8 cm³/mol. The Hall–Kier alpha value is -2.24. The molecule has 0 saturated carbocycles. The number of amides is 1. The van der Waals surface area contributed by atoms with Crippen molar-refractivity contribution in [2.24, 2.45) is 5.73 Å². The summed E-state index contributed by atoms with van der Waals surface area (Å²) < 4.78 is 14.1. The number of pyridine rings is 1. The molecule has 2 heterocycles. The van der Waals surface area contributed by atoms with Gasteiger partial charge < -0.3 is 5.73 Å². The van der Waals surface area contributed by atoms with Gasteiger partial charge in [0.1, 0.15) is 0 Å². The Morgan fingerprint density at radius 2 is 2.33 bits per heavy atom. The zero-order chi connectivity index (χ0) is 10.8. The standard InChI is InChI=1S/C9H7FN4O/c10-8-3-7(1-2-12-8)14-5-6(4-13-14)9(11)15/h1-5H,(H2,11,15). The second-order valence-corrected chi connectivity index (χ2v) is 2.87. The van der Waals surface area contributed by atoms with Crippen molar-refractivity contribution in [2.75, 3.05) is 0 Å². The lowest BCUT2D eigenvalue weighted by Gasteiger charge is -1.99. The average Bonchev–Trinajstić information content (AvgIpc) is 2.66. The summed E-state index contributed by atoms with van der Waals surface area (Å²) in [5, 5.41) is 3.87. The molecule has 2 aromatic heterocycles. The monoisotopic (exact) mass is 206 g/mol. The van der Waals surface area contributed by atoms with Gasteiger partial charge in [-0.3, -0.25) is 4.79 Å². The maximum Gasteiger partial charge on any atom is 0.251 e. The number of nitrogens with two attached hydrogens (primary N) is 1. The van der Waals surface area contributed by atoms with E-state index in [1.54, 1.807) is 6.07 Å². The van der Waals surface area contributed by atoms with Crippen LogP contribution in [0.4, 0.5) is 4.39 Å². The van der Waals surface area contributed by atoms with Crippen LogP contribution in [0.3, 0.4) is 0 Å². The molecule has 0 aromatic carbocycles. The highest BCUT2D eigenvalue weighted by Gasteiger charge is 2.05. The molecule has 0 aliphatic carbocycles. The third-order valence-electron chi connectivity index (χ3n) is 1.84. The van der Waals surface area contributed by atoms with E-state index in [4.69, 9.17) is 5.73 Å². The van der Waals surface area contributed by atoms with E-state index in [0.717, 1.165) is 0 Å². The molecule has 0 radical (unpaired) electrons. The molecule has 0 aliphatic rings. The number of carbonyl (C=O) groups is 1. The highest BCUT2D eigenvalue weighted by molar-refractivity contribution is 5.92. The topological polar surface area (TPSA) is 73.8 Å². The number of carbonyl (C=O) groups excluding carboxylic acids is 1. The second kappa shape index (κ2) is 3.49. The molecule has 1 amide bonds. The lowest BCUT2D eigenvalue weighted by atomic mass is 10.3. The molecule has 2 aromatic rings. The van der Waals surface area contributed by atoms with Crippen LogP contribution in [-0.2, 0) is 0 Å². The van der Waals surface area contributed by atoms with Gasteiger partial charge in [-0.05, 0) is 6.07 Å². The van der Waals surface area contributed by atoms with Crippen LogP contribution < -0.4 is 5.73 Å². The van der Waals surface area contributed by atoms with Crippen molar-refractivity contribution in [3.8, 4) is 5.69 Å². The van der Waals surface area contributed by atoms with Gasteiger partial charge in [0.2, 0.25) is 5.95 Å². The molecule has 0 unspecified atom stereocenters. The fraction of sp³-hybridized carbons (Fsp3) is 0. The van der Waals surface area contributed by atoms with Crippen molar-refractivity contribution < 1.29 is 9.18 Å². The first kappa shape index (κ1) is 9.32. The molecule has 0 spiro atoms. The van der Waals surface area contributed by atoms with E-state index in [9.17, 15) is 9.18 Å². The van der Waals surface area contributed by atoms with Crippen LogP contribution in [0.15, 0.2) is 30.7 Å². The predicted octanol–water partition coefficient (Wildman–Crippen LogP) is 0.505. The number of hydrogen-bond acceptors (Lipinski definition) is 3. The highest BCUT2D eigenvalue weighted by atomic mass is 19.1. The molecule has 2 N–H and O–H groups in total. The second-order valence-electron chi connectivity index (χ2n) is 2.87. The minimum Gasteiger partial charge on any atom is -0.366 e. The van der Waals surface area contributed by atoms with Crippen LogP contribution in [0.25, 0.3) is 5.69 Å². The summed E-state index contributed by atoms with van der Waals surface area (Å²) in [6.45, 7) is 0. The minimum atomic E-state index is -0.608. The van der Waals surface area contributed by atoms with Crippen molar-refractivity contribution >= 4 is 5.91 Å². The Labute approximate surface area is 84.3 Å². The minimum absolute atomic E-state index is 0.271. The van der Waals surface area contributed by atoms with E-state index in [-0.39, 0.29) is 5.56 Å². The maximum atomic E-state index is 12.8. The summed E-state index contributed by atoms with van der Waals surface area (Å²) in [7, 11) is 0. The van der Waals surface area contributed by atoms with Crippen molar-refractivity contribution in [1.29, 1.82) is 0 Å². The third-order valence-corrected chi connectivity index (χ3v) is 1.84. The third kappa shape index (κ3) is 1.83.